The molecule has 96 valence electrons. The fourth-order valence-corrected chi connectivity index (χ4v) is 2.70. The topological polar surface area (TPSA) is 68.1 Å². The molecule has 2 saturated carbocycles. The number of anilines is 1. The minimum atomic E-state index is -0.447. The number of hydrogen-bond donors (Lipinski definition) is 1. The van der Waals surface area contributed by atoms with Gasteiger partial charge in [-0.1, -0.05) is 11.6 Å². The summed E-state index contributed by atoms with van der Waals surface area (Å²) in [5.74, 6) is 1.15. The molecule has 0 bridgehead atoms. The van der Waals surface area contributed by atoms with E-state index >= 15 is 0 Å². The van der Waals surface area contributed by atoms with Gasteiger partial charge in [0.25, 0.3) is 0 Å². The highest BCUT2D eigenvalue weighted by Gasteiger charge is 2.53. The smallest absolute Gasteiger partial charge is 0.312 e. The first-order chi connectivity index (χ1) is 8.61. The van der Waals surface area contributed by atoms with Gasteiger partial charge in [-0.25, -0.2) is 4.98 Å². The molecule has 0 amide bonds. The Bertz CT molecular complexity index is 498. The number of hydrogen-bond acceptors (Lipinski definition) is 4. The van der Waals surface area contributed by atoms with Crippen molar-refractivity contribution in [2.24, 2.45) is 11.3 Å². The maximum absolute atomic E-state index is 10.9. The first-order valence-corrected chi connectivity index (χ1v) is 6.52. The van der Waals surface area contributed by atoms with E-state index in [4.69, 9.17) is 11.6 Å². The number of pyridine rings is 1. The van der Waals surface area contributed by atoms with Crippen molar-refractivity contribution in [2.45, 2.75) is 25.7 Å². The summed E-state index contributed by atoms with van der Waals surface area (Å²) in [4.78, 5) is 14.5. The maximum Gasteiger partial charge on any atom is 0.312 e. The van der Waals surface area contributed by atoms with Crippen LogP contribution in [0.15, 0.2) is 12.3 Å². The molecular weight excluding hydrogens is 254 g/mol. The summed E-state index contributed by atoms with van der Waals surface area (Å²) in [6.07, 6.45) is 6.50. The van der Waals surface area contributed by atoms with Crippen LogP contribution < -0.4 is 5.32 Å². The second-order valence-corrected chi connectivity index (χ2v) is 5.71. The maximum atomic E-state index is 10.9. The Morgan fingerprint density at radius 2 is 2.28 bits per heavy atom. The lowest BCUT2D eigenvalue weighted by molar-refractivity contribution is -0.384. The second-order valence-electron chi connectivity index (χ2n) is 5.27. The molecule has 0 unspecified atom stereocenters. The monoisotopic (exact) mass is 267 g/mol. The van der Waals surface area contributed by atoms with Gasteiger partial charge in [0.1, 0.15) is 0 Å². The highest BCUT2D eigenvalue weighted by atomic mass is 35.5. The molecule has 0 aromatic carbocycles. The Hall–Kier alpha value is -1.36. The standard InChI is InChI=1S/C12H14ClN3O2/c13-9-5-10(16(17)18)11(14-6-9)15-7-12(3-4-12)8-1-2-8/h5-6,8H,1-4,7H2,(H,14,15). The summed E-state index contributed by atoms with van der Waals surface area (Å²) in [7, 11) is 0. The molecular formula is C12H14ClN3O2. The van der Waals surface area contributed by atoms with Gasteiger partial charge in [-0.3, -0.25) is 10.1 Å². The third-order valence-electron chi connectivity index (χ3n) is 3.97. The van der Waals surface area contributed by atoms with E-state index in [9.17, 15) is 10.1 Å². The lowest BCUT2D eigenvalue weighted by Gasteiger charge is -2.15. The Labute approximate surface area is 110 Å². The predicted octanol–water partition coefficient (Wildman–Crippen LogP) is 3.25. The molecule has 2 aliphatic rings. The SMILES string of the molecule is O=[N+]([O-])c1cc(Cl)cnc1NCC1(C2CC2)CC1. The Morgan fingerprint density at radius 3 is 2.83 bits per heavy atom. The quantitative estimate of drug-likeness (QED) is 0.657. The molecule has 2 aliphatic carbocycles. The van der Waals surface area contributed by atoms with Crippen LogP contribution in [0.5, 0.6) is 0 Å². The molecule has 1 aromatic rings. The molecule has 5 nitrogen and oxygen atoms in total. The fourth-order valence-electron chi connectivity index (χ4n) is 2.55. The van der Waals surface area contributed by atoms with Crippen molar-refractivity contribution in [3.8, 4) is 0 Å². The van der Waals surface area contributed by atoms with E-state index in [1.54, 1.807) is 0 Å². The van der Waals surface area contributed by atoms with E-state index < -0.39 is 4.92 Å². The summed E-state index contributed by atoms with van der Waals surface area (Å²) >= 11 is 5.73. The van der Waals surface area contributed by atoms with Gasteiger partial charge in [-0.15, -0.1) is 0 Å². The molecule has 0 radical (unpaired) electrons. The Morgan fingerprint density at radius 1 is 1.56 bits per heavy atom. The molecule has 0 saturated heterocycles. The van der Waals surface area contributed by atoms with E-state index in [0.717, 1.165) is 12.5 Å². The van der Waals surface area contributed by atoms with Gasteiger partial charge in [-0.05, 0) is 37.0 Å². The lowest BCUT2D eigenvalue weighted by atomic mass is 10.0. The first kappa shape index (κ1) is 11.7. The average molecular weight is 268 g/mol. The molecule has 0 aliphatic heterocycles. The van der Waals surface area contributed by atoms with Gasteiger partial charge in [0.05, 0.1) is 9.95 Å². The summed E-state index contributed by atoms with van der Waals surface area (Å²) in [6.45, 7) is 0.785. The summed E-state index contributed by atoms with van der Waals surface area (Å²) < 4.78 is 0. The van der Waals surface area contributed by atoms with Crippen molar-refractivity contribution in [1.82, 2.24) is 4.98 Å². The third kappa shape index (κ3) is 2.14. The zero-order valence-electron chi connectivity index (χ0n) is 9.86. The van der Waals surface area contributed by atoms with Crippen molar-refractivity contribution in [1.29, 1.82) is 0 Å². The van der Waals surface area contributed by atoms with Crippen molar-refractivity contribution in [3.05, 3.63) is 27.4 Å². The van der Waals surface area contributed by atoms with Gasteiger partial charge in [-0.2, -0.15) is 0 Å². The number of aromatic nitrogens is 1. The zero-order valence-corrected chi connectivity index (χ0v) is 10.6. The van der Waals surface area contributed by atoms with E-state index in [-0.39, 0.29) is 10.7 Å². The normalized spacial score (nSPS) is 20.5. The van der Waals surface area contributed by atoms with Crippen LogP contribution in [0.4, 0.5) is 11.5 Å². The van der Waals surface area contributed by atoms with Crippen LogP contribution >= 0.6 is 11.6 Å². The Kier molecular flexibility index (Phi) is 2.66. The van der Waals surface area contributed by atoms with Crippen molar-refractivity contribution in [3.63, 3.8) is 0 Å². The zero-order chi connectivity index (χ0) is 12.8. The Balaban J connectivity index is 1.74. The number of nitrogens with one attached hydrogen (secondary N) is 1. The van der Waals surface area contributed by atoms with Gasteiger partial charge in [0.2, 0.25) is 5.82 Å². The van der Waals surface area contributed by atoms with Crippen molar-refractivity contribution >= 4 is 23.1 Å². The molecule has 6 heteroatoms. The van der Waals surface area contributed by atoms with Gasteiger partial charge in [0.15, 0.2) is 0 Å². The minimum absolute atomic E-state index is 0.0471. The second kappa shape index (κ2) is 4.09. The van der Waals surface area contributed by atoms with Crippen molar-refractivity contribution in [2.75, 3.05) is 11.9 Å². The van der Waals surface area contributed by atoms with E-state index in [1.807, 2.05) is 0 Å². The summed E-state index contributed by atoms with van der Waals surface area (Å²) in [5.41, 5.74) is 0.337. The van der Waals surface area contributed by atoms with Crippen LogP contribution in [0, 0.1) is 21.4 Å². The molecule has 0 atom stereocenters. The number of nitro groups is 1. The van der Waals surface area contributed by atoms with Crippen LogP contribution in [0.1, 0.15) is 25.7 Å². The van der Waals surface area contributed by atoms with Crippen LogP contribution in [0.2, 0.25) is 5.02 Å². The van der Waals surface area contributed by atoms with Crippen LogP contribution in [-0.4, -0.2) is 16.5 Å². The van der Waals surface area contributed by atoms with E-state index in [2.05, 4.69) is 10.3 Å². The van der Waals surface area contributed by atoms with Gasteiger partial charge >= 0.3 is 5.69 Å². The molecule has 18 heavy (non-hydrogen) atoms. The first-order valence-electron chi connectivity index (χ1n) is 6.14. The van der Waals surface area contributed by atoms with Gasteiger partial charge in [0, 0.05) is 18.8 Å². The van der Waals surface area contributed by atoms with E-state index in [1.165, 1.54) is 37.9 Å². The molecule has 1 N–H and O–H groups in total. The van der Waals surface area contributed by atoms with E-state index in [0.29, 0.717) is 11.2 Å². The van der Waals surface area contributed by atoms with Crippen LogP contribution in [-0.2, 0) is 0 Å². The molecule has 3 rings (SSSR count). The van der Waals surface area contributed by atoms with Crippen molar-refractivity contribution < 1.29 is 4.92 Å². The van der Waals surface area contributed by atoms with Crippen LogP contribution in [0.25, 0.3) is 0 Å². The van der Waals surface area contributed by atoms with Crippen LogP contribution in [0.3, 0.4) is 0 Å². The minimum Gasteiger partial charge on any atom is -0.364 e. The number of halogens is 1. The predicted molar refractivity (Wildman–Crippen MR) is 68.8 cm³/mol. The summed E-state index contributed by atoms with van der Waals surface area (Å²) in [5, 5.41) is 14.3. The van der Waals surface area contributed by atoms with Gasteiger partial charge < -0.3 is 5.32 Å². The summed E-state index contributed by atoms with van der Waals surface area (Å²) in [6, 6.07) is 1.34. The fraction of sp³-hybridized carbons (Fsp3) is 0.583. The number of nitrogens with zero attached hydrogens (tertiary/aromatic N) is 2. The molecule has 1 aromatic heterocycles. The molecule has 1 heterocycles. The molecule has 0 spiro atoms. The molecule has 2 fully saturated rings. The average Bonchev–Trinajstić information content (AvgIpc) is 3.19. The lowest BCUT2D eigenvalue weighted by Crippen LogP contribution is -2.18. The highest BCUT2D eigenvalue weighted by Crippen LogP contribution is 2.61. The number of rotatable bonds is 5. The third-order valence-corrected chi connectivity index (χ3v) is 4.18. The largest absolute Gasteiger partial charge is 0.364 e. The highest BCUT2D eigenvalue weighted by molar-refractivity contribution is 6.30.